The molecular weight excluding hydrogens is 510 g/mol. The average Bonchev–Trinajstić information content (AvgIpc) is 3.48. The highest BCUT2D eigenvalue weighted by atomic mass is 32.2. The van der Waals surface area contributed by atoms with Crippen molar-refractivity contribution in [3.63, 3.8) is 0 Å². The molecule has 2 aliphatic carbocycles. The van der Waals surface area contributed by atoms with Gasteiger partial charge < -0.3 is 15.4 Å². The summed E-state index contributed by atoms with van der Waals surface area (Å²) in [6.45, 7) is 3.67. The molecule has 0 aliphatic heterocycles. The summed E-state index contributed by atoms with van der Waals surface area (Å²) in [6, 6.07) is 5.63. The molecule has 0 bridgehead atoms. The van der Waals surface area contributed by atoms with Gasteiger partial charge in [-0.2, -0.15) is 5.10 Å². The first-order chi connectivity index (χ1) is 17.7. The lowest BCUT2D eigenvalue weighted by Gasteiger charge is -2.28. The number of nitrogens with one attached hydrogen (secondary N) is 2. The second-order valence-corrected chi connectivity index (χ2v) is 13.5. The maximum atomic E-state index is 13.4. The predicted molar refractivity (Wildman–Crippen MR) is 144 cm³/mol. The molecule has 2 N–H and O–H groups in total. The molecule has 0 unspecified atom stereocenters. The smallest absolute Gasteiger partial charge is 0.407 e. The van der Waals surface area contributed by atoms with Crippen molar-refractivity contribution >= 4 is 38.6 Å². The Labute approximate surface area is 221 Å². The Kier molecular flexibility index (Phi) is 7.26. The maximum Gasteiger partial charge on any atom is 0.407 e. The number of hydrogen-bond acceptors (Lipinski definition) is 8. The molecule has 2 saturated carbocycles. The Morgan fingerprint density at radius 1 is 1.11 bits per heavy atom. The van der Waals surface area contributed by atoms with Crippen LogP contribution in [0.15, 0.2) is 41.7 Å². The van der Waals surface area contributed by atoms with Crippen LogP contribution >= 0.6 is 11.3 Å². The molecule has 2 heterocycles. The summed E-state index contributed by atoms with van der Waals surface area (Å²) < 4.78 is 33.7. The van der Waals surface area contributed by atoms with E-state index in [9.17, 15) is 13.2 Å². The Bertz CT molecular complexity index is 1370. The molecule has 2 fully saturated rings. The molecule has 1 aromatic carbocycles. The Balaban J connectivity index is 1.33. The third-order valence-corrected chi connectivity index (χ3v) is 10.3. The van der Waals surface area contributed by atoms with Crippen molar-refractivity contribution in [3.05, 3.63) is 41.8 Å². The number of carbonyl (C=O) groups excluding carboxylic acids is 1. The average molecular weight is 544 g/mol. The topological polar surface area (TPSA) is 115 Å². The van der Waals surface area contributed by atoms with Gasteiger partial charge in [0.2, 0.25) is 0 Å². The highest BCUT2D eigenvalue weighted by Gasteiger charge is 2.39. The molecular formula is C26H33N5O4S2. The summed E-state index contributed by atoms with van der Waals surface area (Å²) in [5.41, 5.74) is 2.22. The van der Waals surface area contributed by atoms with Gasteiger partial charge in [0.25, 0.3) is 0 Å². The first-order valence-corrected chi connectivity index (χ1v) is 15.1. The molecule has 0 spiro atoms. The van der Waals surface area contributed by atoms with Crippen LogP contribution in [0.4, 0.5) is 16.2 Å². The van der Waals surface area contributed by atoms with Crippen LogP contribution in [0, 0.1) is 0 Å². The molecule has 0 radical (unpaired) electrons. The van der Waals surface area contributed by atoms with Crippen molar-refractivity contribution in [2.75, 3.05) is 5.32 Å². The number of sulfone groups is 1. The van der Waals surface area contributed by atoms with Crippen molar-refractivity contribution in [1.29, 1.82) is 0 Å². The fourth-order valence-corrected chi connectivity index (χ4v) is 7.83. The van der Waals surface area contributed by atoms with E-state index < -0.39 is 9.84 Å². The van der Waals surface area contributed by atoms with Gasteiger partial charge in [0.15, 0.2) is 9.84 Å². The normalized spacial score (nSPS) is 20.1. The minimum absolute atomic E-state index is 0.108. The molecule has 11 heteroatoms. The number of ether oxygens (including phenoxy) is 1. The van der Waals surface area contributed by atoms with E-state index in [-0.39, 0.29) is 23.5 Å². The van der Waals surface area contributed by atoms with Gasteiger partial charge in [0.05, 0.1) is 38.0 Å². The van der Waals surface area contributed by atoms with Crippen LogP contribution < -0.4 is 10.6 Å². The summed E-state index contributed by atoms with van der Waals surface area (Å²) in [5.74, 6) is 0.299. The highest BCUT2D eigenvalue weighted by Crippen LogP contribution is 2.43. The van der Waals surface area contributed by atoms with E-state index in [0.717, 1.165) is 41.3 Å². The zero-order chi connectivity index (χ0) is 26.2. The van der Waals surface area contributed by atoms with Crippen molar-refractivity contribution in [3.8, 4) is 10.4 Å². The Morgan fingerprint density at radius 2 is 1.86 bits per heavy atom. The number of aryl methyl sites for hydroxylation is 1. The number of carbonyl (C=O) groups is 1. The van der Waals surface area contributed by atoms with Crippen molar-refractivity contribution in [2.24, 2.45) is 7.05 Å². The van der Waals surface area contributed by atoms with E-state index in [1.54, 1.807) is 34.5 Å². The summed E-state index contributed by atoms with van der Waals surface area (Å²) in [4.78, 5) is 17.8. The number of amides is 1. The van der Waals surface area contributed by atoms with Gasteiger partial charge >= 0.3 is 6.09 Å². The standard InChI is InChI=1S/C26H33N5O4S2/c1-16(2)35-26(32)30-18-6-4-17(5-7-18)25-27-14-23(36-25)22-11-8-19(29-20-13-28-31(3)15-20)12-24(22)37(33,34)21-9-10-21/h8,11-18,21,29H,4-7,9-10H2,1-3H3,(H,30,32)/t17-,18-. The molecule has 1 amide bonds. The number of benzene rings is 1. The van der Waals surface area contributed by atoms with Crippen LogP contribution in [-0.2, 0) is 21.6 Å². The van der Waals surface area contributed by atoms with E-state index in [1.165, 1.54) is 0 Å². The lowest BCUT2D eigenvalue weighted by molar-refractivity contribution is 0.109. The summed E-state index contributed by atoms with van der Waals surface area (Å²) in [6.07, 6.45) is 9.83. The maximum absolute atomic E-state index is 13.4. The molecule has 0 atom stereocenters. The van der Waals surface area contributed by atoms with Gasteiger partial charge in [-0.25, -0.2) is 18.2 Å². The number of nitrogens with zero attached hydrogens (tertiary/aromatic N) is 3. The molecule has 198 valence electrons. The van der Waals surface area contributed by atoms with Crippen molar-refractivity contribution in [2.45, 2.75) is 80.6 Å². The van der Waals surface area contributed by atoms with Crippen LogP contribution in [0.25, 0.3) is 10.4 Å². The van der Waals surface area contributed by atoms with Crippen LogP contribution in [0.2, 0.25) is 0 Å². The van der Waals surface area contributed by atoms with E-state index in [0.29, 0.717) is 34.9 Å². The molecule has 3 aromatic rings. The van der Waals surface area contributed by atoms with E-state index in [1.807, 2.05) is 39.2 Å². The molecule has 37 heavy (non-hydrogen) atoms. The first-order valence-electron chi connectivity index (χ1n) is 12.8. The molecule has 2 aromatic heterocycles. The van der Waals surface area contributed by atoms with Crippen molar-refractivity contribution in [1.82, 2.24) is 20.1 Å². The number of rotatable bonds is 8. The predicted octanol–water partition coefficient (Wildman–Crippen LogP) is 5.38. The Morgan fingerprint density at radius 3 is 2.51 bits per heavy atom. The second-order valence-electron chi connectivity index (χ2n) is 10.2. The first kappa shape index (κ1) is 25.7. The van der Waals surface area contributed by atoms with Gasteiger partial charge in [-0.05, 0) is 64.5 Å². The van der Waals surface area contributed by atoms with E-state index >= 15 is 0 Å². The van der Waals surface area contributed by atoms with Gasteiger partial charge in [-0.3, -0.25) is 4.68 Å². The largest absolute Gasteiger partial charge is 0.447 e. The van der Waals surface area contributed by atoms with Gasteiger partial charge in [-0.15, -0.1) is 11.3 Å². The van der Waals surface area contributed by atoms with Crippen LogP contribution in [0.5, 0.6) is 0 Å². The number of aromatic nitrogens is 3. The molecule has 5 rings (SSSR count). The minimum atomic E-state index is -3.43. The monoisotopic (exact) mass is 543 g/mol. The third-order valence-electron chi connectivity index (χ3n) is 6.78. The summed E-state index contributed by atoms with van der Waals surface area (Å²) in [5, 5.41) is 11.1. The number of anilines is 2. The molecule has 0 saturated heterocycles. The highest BCUT2D eigenvalue weighted by molar-refractivity contribution is 7.92. The lowest BCUT2D eigenvalue weighted by Crippen LogP contribution is -2.38. The SMILES string of the molecule is CC(C)OC(=O)N[C@H]1CC[C@H](c2ncc(-c3ccc(Nc4cnn(C)c4)cc3S(=O)(=O)C3CC3)s2)CC1. The fourth-order valence-electron chi connectivity index (χ4n) is 4.75. The molecule has 9 nitrogen and oxygen atoms in total. The number of hydrogen-bond donors (Lipinski definition) is 2. The van der Waals surface area contributed by atoms with Gasteiger partial charge in [-0.1, -0.05) is 6.07 Å². The summed E-state index contributed by atoms with van der Waals surface area (Å²) >= 11 is 1.57. The minimum Gasteiger partial charge on any atom is -0.447 e. The number of alkyl carbamates (subject to hydrolysis) is 1. The zero-order valence-electron chi connectivity index (χ0n) is 21.3. The van der Waals surface area contributed by atoms with Crippen molar-refractivity contribution < 1.29 is 17.9 Å². The third kappa shape index (κ3) is 5.98. The van der Waals surface area contributed by atoms with E-state index in [4.69, 9.17) is 9.72 Å². The lowest BCUT2D eigenvalue weighted by atomic mass is 9.86. The fraction of sp³-hybridized carbons (Fsp3) is 0.500. The van der Waals surface area contributed by atoms with E-state index in [2.05, 4.69) is 15.7 Å². The number of thiazole rings is 1. The van der Waals surface area contributed by atoms with Crippen LogP contribution in [0.1, 0.15) is 63.3 Å². The molecule has 2 aliphatic rings. The van der Waals surface area contributed by atoms with Gasteiger partial charge in [0, 0.05) is 42.7 Å². The van der Waals surface area contributed by atoms with Crippen LogP contribution in [-0.4, -0.2) is 46.7 Å². The van der Waals surface area contributed by atoms with Crippen LogP contribution in [0.3, 0.4) is 0 Å². The zero-order valence-corrected chi connectivity index (χ0v) is 22.9. The summed E-state index contributed by atoms with van der Waals surface area (Å²) in [7, 11) is -1.60. The second kappa shape index (κ2) is 10.4. The van der Waals surface area contributed by atoms with Gasteiger partial charge in [0.1, 0.15) is 0 Å². The quantitative estimate of drug-likeness (QED) is 0.392. The Hall–Kier alpha value is -2.92.